The largest absolute Gasteiger partial charge is 0.303 e. The number of nitrogens with one attached hydrogen (secondary N) is 1. The topological polar surface area (TPSA) is 62.9 Å². The maximum Gasteiger partial charge on any atom is 0.190 e. The van der Waals surface area contributed by atoms with Crippen molar-refractivity contribution in [2.24, 2.45) is 5.92 Å². The molecule has 4 heteroatoms. The number of hydrogen-bond acceptors (Lipinski definition) is 4. The highest BCUT2D eigenvalue weighted by atomic mass is 15.1. The first-order chi connectivity index (χ1) is 7.24. The molecule has 1 saturated heterocycles. The first kappa shape index (κ1) is 13.7. The number of nitriles is 2. The van der Waals surface area contributed by atoms with E-state index in [1.807, 2.05) is 0 Å². The summed E-state index contributed by atoms with van der Waals surface area (Å²) >= 11 is 0. The van der Waals surface area contributed by atoms with Gasteiger partial charge in [0.25, 0.3) is 0 Å². The van der Waals surface area contributed by atoms with Gasteiger partial charge in [0.2, 0.25) is 0 Å². The van der Waals surface area contributed by atoms with E-state index < -0.39 is 0 Å². The minimum Gasteiger partial charge on any atom is -0.303 e. The fraction of sp³-hybridized carbons (Fsp3) is 0.818. The van der Waals surface area contributed by atoms with Crippen molar-refractivity contribution in [2.75, 3.05) is 19.6 Å². The van der Waals surface area contributed by atoms with Gasteiger partial charge in [-0.3, -0.25) is 0 Å². The molecule has 1 N–H and O–H groups in total. The minimum absolute atomic E-state index is 0.955. The molecule has 0 saturated carbocycles. The summed E-state index contributed by atoms with van der Waals surface area (Å²) in [4.78, 5) is 2.59. The first-order valence-corrected chi connectivity index (χ1v) is 5.50. The van der Waals surface area contributed by atoms with Gasteiger partial charge in [0.1, 0.15) is 0 Å². The van der Waals surface area contributed by atoms with E-state index in [4.69, 9.17) is 10.5 Å². The van der Waals surface area contributed by atoms with Crippen LogP contribution in [-0.4, -0.2) is 24.5 Å². The Labute approximate surface area is 92.5 Å². The predicted octanol–water partition coefficient (Wildman–Crippen LogP) is 1.67. The molecule has 1 aliphatic heterocycles. The Balaban J connectivity index is 0.000000336. The molecule has 0 spiro atoms. The van der Waals surface area contributed by atoms with Crippen molar-refractivity contribution in [1.82, 2.24) is 10.2 Å². The van der Waals surface area contributed by atoms with Crippen LogP contribution in [0.5, 0.6) is 0 Å². The molecule has 0 radical (unpaired) electrons. The molecular weight excluding hydrogens is 188 g/mol. The first-order valence-electron chi connectivity index (χ1n) is 5.50. The number of rotatable bonds is 3. The molecule has 0 aromatic heterocycles. The molecule has 4 nitrogen and oxygen atoms in total. The summed E-state index contributed by atoms with van der Waals surface area (Å²) in [6.07, 6.45) is 6.95. The van der Waals surface area contributed by atoms with Crippen LogP contribution in [0.3, 0.4) is 0 Å². The summed E-state index contributed by atoms with van der Waals surface area (Å²) in [7, 11) is 0. The van der Waals surface area contributed by atoms with E-state index in [9.17, 15) is 0 Å². The van der Waals surface area contributed by atoms with Gasteiger partial charge in [-0.1, -0.05) is 20.3 Å². The second-order valence-corrected chi connectivity index (χ2v) is 3.90. The fourth-order valence-corrected chi connectivity index (χ4v) is 1.64. The van der Waals surface area contributed by atoms with Crippen LogP contribution in [0.15, 0.2) is 0 Å². The molecule has 0 aromatic rings. The van der Waals surface area contributed by atoms with E-state index in [1.54, 1.807) is 5.32 Å². The van der Waals surface area contributed by atoms with Gasteiger partial charge in [-0.2, -0.15) is 10.5 Å². The third-order valence-corrected chi connectivity index (χ3v) is 2.45. The molecule has 0 aromatic carbocycles. The fourth-order valence-electron chi connectivity index (χ4n) is 1.64. The van der Waals surface area contributed by atoms with E-state index in [1.165, 1.54) is 51.3 Å². The zero-order valence-electron chi connectivity index (χ0n) is 9.66. The normalized spacial score (nSPS) is 19.6. The minimum atomic E-state index is 0.955. The quantitative estimate of drug-likeness (QED) is 0.566. The van der Waals surface area contributed by atoms with Gasteiger partial charge in [0, 0.05) is 6.54 Å². The molecule has 15 heavy (non-hydrogen) atoms. The van der Waals surface area contributed by atoms with Crippen molar-refractivity contribution < 1.29 is 0 Å². The molecule has 1 atom stereocenters. The molecular formula is C11H20N4. The van der Waals surface area contributed by atoms with E-state index >= 15 is 0 Å². The average molecular weight is 208 g/mol. The van der Waals surface area contributed by atoms with Crippen LogP contribution < -0.4 is 5.32 Å². The summed E-state index contributed by atoms with van der Waals surface area (Å²) < 4.78 is 0. The van der Waals surface area contributed by atoms with Crippen molar-refractivity contribution >= 4 is 0 Å². The standard InChI is InChI=1S/C9H19N.C2HN3/c1-3-4-6-10-7-5-9(2)8-10;3-1-5-2-4/h9H,3-8H2,1-2H3;5H. The molecule has 1 rings (SSSR count). The number of unbranched alkanes of at least 4 members (excludes halogenated alkanes) is 1. The summed E-state index contributed by atoms with van der Waals surface area (Å²) in [5.41, 5.74) is 0. The van der Waals surface area contributed by atoms with Crippen molar-refractivity contribution in [1.29, 1.82) is 10.5 Å². The van der Waals surface area contributed by atoms with E-state index in [0.717, 1.165) is 5.92 Å². The summed E-state index contributed by atoms with van der Waals surface area (Å²) in [5.74, 6) is 0.955. The molecule has 1 aliphatic rings. The highest BCUT2D eigenvalue weighted by Gasteiger charge is 2.16. The maximum atomic E-state index is 7.48. The maximum absolute atomic E-state index is 7.48. The van der Waals surface area contributed by atoms with Crippen molar-refractivity contribution in [2.45, 2.75) is 33.1 Å². The van der Waals surface area contributed by atoms with Crippen LogP contribution in [0.2, 0.25) is 0 Å². The van der Waals surface area contributed by atoms with Crippen LogP contribution in [-0.2, 0) is 0 Å². The highest BCUT2D eigenvalue weighted by molar-refractivity contribution is 4.77. The summed E-state index contributed by atoms with van der Waals surface area (Å²) in [6, 6.07) is 0. The van der Waals surface area contributed by atoms with Gasteiger partial charge in [-0.25, -0.2) is 5.32 Å². The zero-order chi connectivity index (χ0) is 11.5. The number of likely N-dealkylation sites (tertiary alicyclic amines) is 1. The number of nitrogens with zero attached hydrogens (tertiary/aromatic N) is 3. The Kier molecular flexibility index (Phi) is 8.52. The van der Waals surface area contributed by atoms with Crippen molar-refractivity contribution in [3.05, 3.63) is 0 Å². The molecule has 0 bridgehead atoms. The van der Waals surface area contributed by atoms with Gasteiger partial charge >= 0.3 is 0 Å². The van der Waals surface area contributed by atoms with Gasteiger partial charge in [0.05, 0.1) is 0 Å². The molecule has 84 valence electrons. The number of hydrogen-bond donors (Lipinski definition) is 1. The SMILES string of the molecule is CCCCN1CCC(C)C1.N#CNC#N. The second-order valence-electron chi connectivity index (χ2n) is 3.90. The van der Waals surface area contributed by atoms with Gasteiger partial charge < -0.3 is 4.90 Å². The van der Waals surface area contributed by atoms with E-state index in [0.29, 0.717) is 0 Å². The van der Waals surface area contributed by atoms with Crippen LogP contribution in [0.4, 0.5) is 0 Å². The Morgan fingerprint density at radius 1 is 1.40 bits per heavy atom. The lowest BCUT2D eigenvalue weighted by Gasteiger charge is -2.13. The van der Waals surface area contributed by atoms with Gasteiger partial charge in [-0.05, 0) is 31.8 Å². The van der Waals surface area contributed by atoms with Crippen LogP contribution in [0.1, 0.15) is 33.1 Å². The highest BCUT2D eigenvalue weighted by Crippen LogP contribution is 2.14. The molecule has 0 amide bonds. The molecule has 1 heterocycles. The monoisotopic (exact) mass is 208 g/mol. The molecule has 1 unspecified atom stereocenters. The van der Waals surface area contributed by atoms with Crippen molar-refractivity contribution in [3.63, 3.8) is 0 Å². The van der Waals surface area contributed by atoms with Crippen LogP contribution >= 0.6 is 0 Å². The van der Waals surface area contributed by atoms with Crippen molar-refractivity contribution in [3.8, 4) is 12.4 Å². The second kappa shape index (κ2) is 9.30. The average Bonchev–Trinajstić information content (AvgIpc) is 2.63. The Morgan fingerprint density at radius 3 is 2.40 bits per heavy atom. The summed E-state index contributed by atoms with van der Waals surface area (Å²) in [5, 5.41) is 16.7. The van der Waals surface area contributed by atoms with E-state index in [2.05, 4.69) is 18.7 Å². The summed E-state index contributed by atoms with van der Waals surface area (Å²) in [6.45, 7) is 8.65. The zero-order valence-corrected chi connectivity index (χ0v) is 9.66. The lowest BCUT2D eigenvalue weighted by molar-refractivity contribution is 0.322. The molecule has 1 fully saturated rings. The van der Waals surface area contributed by atoms with Crippen LogP contribution in [0.25, 0.3) is 0 Å². The molecule has 0 aliphatic carbocycles. The van der Waals surface area contributed by atoms with Gasteiger partial charge in [-0.15, -0.1) is 0 Å². The Morgan fingerprint density at radius 2 is 2.07 bits per heavy atom. The predicted molar refractivity (Wildman–Crippen MR) is 59.5 cm³/mol. The lowest BCUT2D eigenvalue weighted by atomic mass is 10.2. The smallest absolute Gasteiger partial charge is 0.190 e. The third kappa shape index (κ3) is 7.78. The van der Waals surface area contributed by atoms with E-state index in [-0.39, 0.29) is 0 Å². The Bertz CT molecular complexity index is 214. The van der Waals surface area contributed by atoms with Gasteiger partial charge in [0.15, 0.2) is 12.4 Å². The van der Waals surface area contributed by atoms with Crippen LogP contribution in [0, 0.1) is 28.8 Å². The lowest BCUT2D eigenvalue weighted by Crippen LogP contribution is -2.21. The third-order valence-electron chi connectivity index (χ3n) is 2.45. The Hall–Kier alpha value is -1.26.